The lowest BCUT2D eigenvalue weighted by molar-refractivity contribution is 0.0747. The molecule has 1 aliphatic carbocycles. The minimum atomic E-state index is 0.698. The van der Waals surface area contributed by atoms with E-state index in [2.05, 4.69) is 10.2 Å². The average Bonchev–Trinajstić information content (AvgIpc) is 3.04. The molecule has 14 heavy (non-hydrogen) atoms. The van der Waals surface area contributed by atoms with E-state index in [0.29, 0.717) is 5.41 Å². The van der Waals surface area contributed by atoms with E-state index in [1.165, 1.54) is 64.7 Å². The summed E-state index contributed by atoms with van der Waals surface area (Å²) in [7, 11) is 0. The first kappa shape index (κ1) is 9.17. The molecule has 2 aliphatic heterocycles. The van der Waals surface area contributed by atoms with Crippen molar-refractivity contribution in [1.82, 2.24) is 10.2 Å². The Balaban J connectivity index is 1.57. The van der Waals surface area contributed by atoms with Gasteiger partial charge in [0.25, 0.3) is 0 Å². The molecule has 3 fully saturated rings. The van der Waals surface area contributed by atoms with E-state index < -0.39 is 0 Å². The van der Waals surface area contributed by atoms with Crippen molar-refractivity contribution in [3.63, 3.8) is 0 Å². The number of hydrogen-bond acceptors (Lipinski definition) is 2. The standard InChI is InChI=1S/C12H22N2/c1-4-12(10-13-7-1)5-8-14(9-6-12)11-2-3-11/h11,13H,1-10H2. The van der Waals surface area contributed by atoms with Crippen LogP contribution >= 0.6 is 0 Å². The predicted molar refractivity (Wildman–Crippen MR) is 58.4 cm³/mol. The van der Waals surface area contributed by atoms with Gasteiger partial charge >= 0.3 is 0 Å². The summed E-state index contributed by atoms with van der Waals surface area (Å²) in [5, 5.41) is 3.59. The molecule has 0 radical (unpaired) electrons. The quantitative estimate of drug-likeness (QED) is 0.682. The highest BCUT2D eigenvalue weighted by atomic mass is 15.2. The van der Waals surface area contributed by atoms with Gasteiger partial charge in [-0.1, -0.05) is 0 Å². The molecule has 80 valence electrons. The van der Waals surface area contributed by atoms with Gasteiger partial charge in [-0.25, -0.2) is 0 Å². The highest BCUT2D eigenvalue weighted by molar-refractivity contribution is 4.94. The third-order valence-electron chi connectivity index (χ3n) is 4.48. The minimum absolute atomic E-state index is 0.698. The first-order chi connectivity index (χ1) is 6.88. The number of piperidine rings is 2. The van der Waals surface area contributed by atoms with Crippen molar-refractivity contribution in [1.29, 1.82) is 0 Å². The SMILES string of the molecule is C1CNCC2(C1)CCN(C1CC1)CC2. The zero-order valence-corrected chi connectivity index (χ0v) is 9.10. The number of rotatable bonds is 1. The van der Waals surface area contributed by atoms with Gasteiger partial charge in [0.1, 0.15) is 0 Å². The van der Waals surface area contributed by atoms with Crippen LogP contribution in [0.4, 0.5) is 0 Å². The third kappa shape index (κ3) is 1.70. The fourth-order valence-electron chi connectivity index (χ4n) is 3.26. The summed E-state index contributed by atoms with van der Waals surface area (Å²) in [5.41, 5.74) is 0.698. The van der Waals surface area contributed by atoms with Crippen molar-refractivity contribution in [3.05, 3.63) is 0 Å². The minimum Gasteiger partial charge on any atom is -0.316 e. The Morgan fingerprint density at radius 1 is 1.07 bits per heavy atom. The van der Waals surface area contributed by atoms with E-state index >= 15 is 0 Å². The van der Waals surface area contributed by atoms with Crippen molar-refractivity contribution >= 4 is 0 Å². The van der Waals surface area contributed by atoms with Crippen LogP contribution in [0, 0.1) is 5.41 Å². The van der Waals surface area contributed by atoms with Crippen molar-refractivity contribution in [3.8, 4) is 0 Å². The predicted octanol–water partition coefficient (Wildman–Crippen LogP) is 1.61. The highest BCUT2D eigenvalue weighted by Gasteiger charge is 2.39. The Kier molecular flexibility index (Phi) is 2.29. The first-order valence-corrected chi connectivity index (χ1v) is 6.33. The van der Waals surface area contributed by atoms with Gasteiger partial charge in [0.2, 0.25) is 0 Å². The highest BCUT2D eigenvalue weighted by Crippen LogP contribution is 2.40. The van der Waals surface area contributed by atoms with Gasteiger partial charge in [-0.05, 0) is 63.6 Å². The maximum Gasteiger partial charge on any atom is 0.00964 e. The third-order valence-corrected chi connectivity index (χ3v) is 4.48. The fraction of sp³-hybridized carbons (Fsp3) is 1.00. The summed E-state index contributed by atoms with van der Waals surface area (Å²) >= 11 is 0. The van der Waals surface area contributed by atoms with Gasteiger partial charge in [-0.2, -0.15) is 0 Å². The summed E-state index contributed by atoms with van der Waals surface area (Å²) in [6.45, 7) is 5.32. The summed E-state index contributed by atoms with van der Waals surface area (Å²) in [5.74, 6) is 0. The lowest BCUT2D eigenvalue weighted by atomic mass is 9.73. The molecule has 2 heterocycles. The maximum atomic E-state index is 3.59. The van der Waals surface area contributed by atoms with Crippen LogP contribution in [0.25, 0.3) is 0 Å². The van der Waals surface area contributed by atoms with E-state index in [1.54, 1.807) is 0 Å². The molecular weight excluding hydrogens is 172 g/mol. The van der Waals surface area contributed by atoms with Crippen molar-refractivity contribution in [2.75, 3.05) is 26.2 Å². The van der Waals surface area contributed by atoms with Crippen LogP contribution in [-0.4, -0.2) is 37.1 Å². The van der Waals surface area contributed by atoms with Crippen LogP contribution in [0.5, 0.6) is 0 Å². The molecule has 3 rings (SSSR count). The number of nitrogens with zero attached hydrogens (tertiary/aromatic N) is 1. The Bertz CT molecular complexity index is 194. The molecule has 0 aromatic rings. The van der Waals surface area contributed by atoms with Gasteiger partial charge in [-0.15, -0.1) is 0 Å². The van der Waals surface area contributed by atoms with Crippen LogP contribution in [0.3, 0.4) is 0 Å². The summed E-state index contributed by atoms with van der Waals surface area (Å²) in [4.78, 5) is 2.74. The van der Waals surface area contributed by atoms with Crippen molar-refractivity contribution in [2.45, 2.75) is 44.6 Å². The van der Waals surface area contributed by atoms with Crippen molar-refractivity contribution < 1.29 is 0 Å². The Labute approximate surface area is 87.0 Å². The van der Waals surface area contributed by atoms with Gasteiger partial charge < -0.3 is 10.2 Å². The second-order valence-electron chi connectivity index (χ2n) is 5.55. The molecule has 1 saturated carbocycles. The van der Waals surface area contributed by atoms with E-state index in [0.717, 1.165) is 6.04 Å². The van der Waals surface area contributed by atoms with E-state index in [-0.39, 0.29) is 0 Å². The first-order valence-electron chi connectivity index (χ1n) is 6.33. The summed E-state index contributed by atoms with van der Waals surface area (Å²) < 4.78 is 0. The maximum absolute atomic E-state index is 3.59. The Morgan fingerprint density at radius 2 is 1.86 bits per heavy atom. The van der Waals surface area contributed by atoms with Crippen LogP contribution in [0.2, 0.25) is 0 Å². The molecule has 2 nitrogen and oxygen atoms in total. The largest absolute Gasteiger partial charge is 0.316 e. The van der Waals surface area contributed by atoms with E-state index in [4.69, 9.17) is 0 Å². The van der Waals surface area contributed by atoms with Gasteiger partial charge in [0.05, 0.1) is 0 Å². The number of nitrogens with one attached hydrogen (secondary N) is 1. The Hall–Kier alpha value is -0.0800. The molecule has 0 aromatic carbocycles. The molecule has 2 saturated heterocycles. The van der Waals surface area contributed by atoms with E-state index in [9.17, 15) is 0 Å². The zero-order chi connectivity index (χ0) is 9.43. The normalized spacial score (nSPS) is 33.4. The second kappa shape index (κ2) is 3.49. The molecule has 2 heteroatoms. The summed E-state index contributed by atoms with van der Waals surface area (Å²) in [6, 6.07) is 0.990. The van der Waals surface area contributed by atoms with Crippen molar-refractivity contribution in [2.24, 2.45) is 5.41 Å². The van der Waals surface area contributed by atoms with E-state index in [1.807, 2.05) is 0 Å². The molecule has 0 amide bonds. The van der Waals surface area contributed by atoms with Gasteiger partial charge in [0.15, 0.2) is 0 Å². The fourth-order valence-corrected chi connectivity index (χ4v) is 3.26. The molecule has 1 spiro atoms. The molecule has 0 bridgehead atoms. The number of hydrogen-bond donors (Lipinski definition) is 1. The van der Waals surface area contributed by atoms with Crippen LogP contribution in [0.15, 0.2) is 0 Å². The lowest BCUT2D eigenvalue weighted by Crippen LogP contribution is -2.48. The molecule has 0 aromatic heterocycles. The van der Waals surface area contributed by atoms with Crippen LogP contribution in [0.1, 0.15) is 38.5 Å². The second-order valence-corrected chi connectivity index (χ2v) is 5.55. The van der Waals surface area contributed by atoms with Gasteiger partial charge in [0, 0.05) is 12.6 Å². The average molecular weight is 194 g/mol. The molecule has 1 N–H and O–H groups in total. The topological polar surface area (TPSA) is 15.3 Å². The lowest BCUT2D eigenvalue weighted by Gasteiger charge is -2.44. The summed E-state index contributed by atoms with van der Waals surface area (Å²) in [6.07, 6.45) is 8.76. The zero-order valence-electron chi connectivity index (χ0n) is 9.10. The van der Waals surface area contributed by atoms with Crippen LogP contribution in [-0.2, 0) is 0 Å². The molecule has 0 unspecified atom stereocenters. The monoisotopic (exact) mass is 194 g/mol. The Morgan fingerprint density at radius 3 is 2.43 bits per heavy atom. The smallest absolute Gasteiger partial charge is 0.00964 e. The molecule has 0 atom stereocenters. The molecular formula is C12H22N2. The molecule has 3 aliphatic rings. The van der Waals surface area contributed by atoms with Gasteiger partial charge in [-0.3, -0.25) is 0 Å². The van der Waals surface area contributed by atoms with Crippen LogP contribution < -0.4 is 5.32 Å². The number of likely N-dealkylation sites (tertiary alicyclic amines) is 1.